The van der Waals surface area contributed by atoms with Crippen molar-refractivity contribution < 1.29 is 9.21 Å². The molecule has 0 fully saturated rings. The minimum Gasteiger partial charge on any atom is -0.467 e. The van der Waals surface area contributed by atoms with E-state index >= 15 is 0 Å². The Kier molecular flexibility index (Phi) is 8.01. The number of hydrogen-bond acceptors (Lipinski definition) is 4. The molecule has 3 rings (SSSR count). The molecule has 1 amide bonds. The van der Waals surface area contributed by atoms with Crippen molar-refractivity contribution >= 4 is 28.9 Å². The van der Waals surface area contributed by atoms with E-state index in [9.17, 15) is 4.79 Å². The van der Waals surface area contributed by atoms with Gasteiger partial charge in [-0.1, -0.05) is 29.8 Å². The van der Waals surface area contributed by atoms with Gasteiger partial charge in [0.05, 0.1) is 23.4 Å². The second-order valence-corrected chi connectivity index (χ2v) is 7.67. The molecule has 6 heteroatoms. The maximum Gasteiger partial charge on any atom is 0.256 e. The number of hydrogen-bond donors (Lipinski definition) is 1. The molecule has 0 aliphatic heterocycles. The predicted molar refractivity (Wildman–Crippen MR) is 128 cm³/mol. The molecule has 0 unspecified atom stereocenters. The highest BCUT2D eigenvalue weighted by molar-refractivity contribution is 6.33. The zero-order valence-corrected chi connectivity index (χ0v) is 19.2. The second-order valence-electron chi connectivity index (χ2n) is 7.26. The Morgan fingerprint density at radius 3 is 2.42 bits per heavy atom. The summed E-state index contributed by atoms with van der Waals surface area (Å²) in [4.78, 5) is 17.5. The molecule has 164 valence electrons. The minimum atomic E-state index is -0.128. The van der Waals surface area contributed by atoms with Gasteiger partial charge in [0.1, 0.15) is 5.76 Å². The standard InChI is InChI=1S/C25H30ClN3O2/c1-4-27-24-16-20(28(5-2)6-3)14-13-19(24)17-29(18-21-10-9-15-31-21)25(30)22-11-7-8-12-23(22)26/h7-16,27H,4-6,17-18H2,1-3H3. The lowest BCUT2D eigenvalue weighted by Gasteiger charge is -2.26. The smallest absolute Gasteiger partial charge is 0.256 e. The van der Waals surface area contributed by atoms with Gasteiger partial charge < -0.3 is 19.5 Å². The first-order valence-electron chi connectivity index (χ1n) is 10.7. The number of furan rings is 1. The summed E-state index contributed by atoms with van der Waals surface area (Å²) >= 11 is 6.33. The number of benzene rings is 2. The molecule has 0 bridgehead atoms. The van der Waals surface area contributed by atoms with Crippen molar-refractivity contribution in [3.8, 4) is 0 Å². The molecular formula is C25H30ClN3O2. The van der Waals surface area contributed by atoms with Crippen LogP contribution in [0.1, 0.15) is 42.5 Å². The molecular weight excluding hydrogens is 410 g/mol. The van der Waals surface area contributed by atoms with Crippen molar-refractivity contribution in [3.05, 3.63) is 82.8 Å². The monoisotopic (exact) mass is 439 g/mol. The van der Waals surface area contributed by atoms with Crippen LogP contribution >= 0.6 is 11.6 Å². The highest BCUT2D eigenvalue weighted by Gasteiger charge is 2.21. The van der Waals surface area contributed by atoms with E-state index in [1.807, 2.05) is 24.3 Å². The number of halogens is 1. The third kappa shape index (κ3) is 5.61. The Bertz CT molecular complexity index is 984. The van der Waals surface area contributed by atoms with Crippen LogP contribution in [-0.2, 0) is 13.1 Å². The molecule has 0 atom stereocenters. The van der Waals surface area contributed by atoms with Gasteiger partial charge in [-0.15, -0.1) is 0 Å². The van der Waals surface area contributed by atoms with Crippen molar-refractivity contribution in [2.75, 3.05) is 29.9 Å². The number of rotatable bonds is 10. The number of carbonyl (C=O) groups is 1. The lowest BCUT2D eigenvalue weighted by Crippen LogP contribution is -2.30. The number of nitrogens with one attached hydrogen (secondary N) is 1. The zero-order valence-electron chi connectivity index (χ0n) is 18.4. The Labute approximate surface area is 189 Å². The summed E-state index contributed by atoms with van der Waals surface area (Å²) in [6.07, 6.45) is 1.62. The van der Waals surface area contributed by atoms with Gasteiger partial charge in [-0.3, -0.25) is 4.79 Å². The van der Waals surface area contributed by atoms with E-state index < -0.39 is 0 Å². The fourth-order valence-electron chi connectivity index (χ4n) is 3.64. The molecule has 5 nitrogen and oxygen atoms in total. The van der Waals surface area contributed by atoms with Crippen molar-refractivity contribution in [1.82, 2.24) is 4.90 Å². The van der Waals surface area contributed by atoms with Crippen molar-refractivity contribution in [2.45, 2.75) is 33.9 Å². The summed E-state index contributed by atoms with van der Waals surface area (Å²) in [5.74, 6) is 0.599. The first-order chi connectivity index (χ1) is 15.1. The van der Waals surface area contributed by atoms with Gasteiger partial charge in [0.25, 0.3) is 5.91 Å². The van der Waals surface area contributed by atoms with E-state index in [-0.39, 0.29) is 5.91 Å². The molecule has 1 N–H and O–H groups in total. The summed E-state index contributed by atoms with van der Waals surface area (Å²) in [7, 11) is 0. The molecule has 1 aromatic heterocycles. The lowest BCUT2D eigenvalue weighted by atomic mass is 10.1. The molecule has 3 aromatic rings. The van der Waals surface area contributed by atoms with Crippen LogP contribution in [0.2, 0.25) is 5.02 Å². The quantitative estimate of drug-likeness (QED) is 0.417. The molecule has 1 heterocycles. The molecule has 0 saturated heterocycles. The van der Waals surface area contributed by atoms with Gasteiger partial charge in [-0.25, -0.2) is 0 Å². The van der Waals surface area contributed by atoms with Crippen LogP contribution < -0.4 is 10.2 Å². The number of nitrogens with zero attached hydrogens (tertiary/aromatic N) is 2. The van der Waals surface area contributed by atoms with Crippen LogP contribution in [0.5, 0.6) is 0 Å². The van der Waals surface area contributed by atoms with Crippen LogP contribution in [0.15, 0.2) is 65.3 Å². The summed E-state index contributed by atoms with van der Waals surface area (Å²) in [5, 5.41) is 3.90. The van der Waals surface area contributed by atoms with Crippen LogP contribution in [0, 0.1) is 0 Å². The molecule has 0 aliphatic rings. The Morgan fingerprint density at radius 1 is 1.00 bits per heavy atom. The Morgan fingerprint density at radius 2 is 1.77 bits per heavy atom. The van der Waals surface area contributed by atoms with E-state index in [0.717, 1.165) is 36.6 Å². The highest BCUT2D eigenvalue weighted by atomic mass is 35.5. The molecule has 0 saturated carbocycles. The zero-order chi connectivity index (χ0) is 22.2. The van der Waals surface area contributed by atoms with Gasteiger partial charge in [0, 0.05) is 37.6 Å². The van der Waals surface area contributed by atoms with Crippen LogP contribution in [0.25, 0.3) is 0 Å². The second kappa shape index (κ2) is 10.9. The fourth-order valence-corrected chi connectivity index (χ4v) is 3.86. The molecule has 31 heavy (non-hydrogen) atoms. The fraction of sp³-hybridized carbons (Fsp3) is 0.320. The van der Waals surface area contributed by atoms with E-state index in [4.69, 9.17) is 16.0 Å². The average molecular weight is 440 g/mol. The van der Waals surface area contributed by atoms with E-state index in [0.29, 0.717) is 23.7 Å². The molecule has 0 spiro atoms. The third-order valence-corrected chi connectivity index (χ3v) is 5.60. The summed E-state index contributed by atoms with van der Waals surface area (Å²) in [5.41, 5.74) is 3.73. The minimum absolute atomic E-state index is 0.128. The van der Waals surface area contributed by atoms with Gasteiger partial charge in [0.15, 0.2) is 0 Å². The van der Waals surface area contributed by atoms with Gasteiger partial charge >= 0.3 is 0 Å². The normalized spacial score (nSPS) is 10.7. The van der Waals surface area contributed by atoms with Crippen molar-refractivity contribution in [3.63, 3.8) is 0 Å². The van der Waals surface area contributed by atoms with Crippen LogP contribution in [0.4, 0.5) is 11.4 Å². The first-order valence-corrected chi connectivity index (χ1v) is 11.1. The Hall–Kier alpha value is -2.92. The van der Waals surface area contributed by atoms with Crippen LogP contribution in [-0.4, -0.2) is 30.4 Å². The average Bonchev–Trinajstić information content (AvgIpc) is 3.29. The summed E-state index contributed by atoms with van der Waals surface area (Å²) < 4.78 is 5.53. The lowest BCUT2D eigenvalue weighted by molar-refractivity contribution is 0.0718. The summed E-state index contributed by atoms with van der Waals surface area (Å²) in [6, 6.07) is 17.2. The van der Waals surface area contributed by atoms with E-state index in [1.165, 1.54) is 5.69 Å². The van der Waals surface area contributed by atoms with E-state index in [2.05, 4.69) is 49.2 Å². The first kappa shape index (κ1) is 22.8. The van der Waals surface area contributed by atoms with Gasteiger partial charge in [-0.2, -0.15) is 0 Å². The van der Waals surface area contributed by atoms with Gasteiger partial charge in [0.2, 0.25) is 0 Å². The largest absolute Gasteiger partial charge is 0.467 e. The summed E-state index contributed by atoms with van der Waals surface area (Å²) in [6.45, 7) is 9.85. The van der Waals surface area contributed by atoms with Gasteiger partial charge in [-0.05, 0) is 62.7 Å². The Balaban J connectivity index is 1.94. The van der Waals surface area contributed by atoms with Crippen LogP contribution in [0.3, 0.4) is 0 Å². The van der Waals surface area contributed by atoms with E-state index in [1.54, 1.807) is 23.3 Å². The highest BCUT2D eigenvalue weighted by Crippen LogP contribution is 2.27. The number of carbonyl (C=O) groups excluding carboxylic acids is 1. The maximum absolute atomic E-state index is 13.4. The topological polar surface area (TPSA) is 48.7 Å². The third-order valence-electron chi connectivity index (χ3n) is 5.27. The predicted octanol–water partition coefficient (Wildman–Crippen LogP) is 6.05. The molecule has 0 radical (unpaired) electrons. The SMILES string of the molecule is CCNc1cc(N(CC)CC)ccc1CN(Cc1ccco1)C(=O)c1ccccc1Cl. The number of amides is 1. The van der Waals surface area contributed by atoms with Crippen molar-refractivity contribution in [1.29, 1.82) is 0 Å². The molecule has 2 aromatic carbocycles. The van der Waals surface area contributed by atoms with Crippen molar-refractivity contribution in [2.24, 2.45) is 0 Å². The number of anilines is 2. The maximum atomic E-state index is 13.4. The molecule has 0 aliphatic carbocycles.